The van der Waals surface area contributed by atoms with Crippen LogP contribution in [0.25, 0.3) is 5.69 Å². The Morgan fingerprint density at radius 3 is 2.76 bits per heavy atom. The average molecular weight is 334 g/mol. The molecule has 0 radical (unpaired) electrons. The molecule has 25 heavy (non-hydrogen) atoms. The summed E-state index contributed by atoms with van der Waals surface area (Å²) in [6.07, 6.45) is 6.02. The van der Waals surface area contributed by atoms with Gasteiger partial charge in [0, 0.05) is 37.1 Å². The number of nitrogens with one attached hydrogen (secondary N) is 1. The third-order valence-electron chi connectivity index (χ3n) is 4.87. The van der Waals surface area contributed by atoms with Crippen molar-refractivity contribution in [3.8, 4) is 5.69 Å². The Bertz CT molecular complexity index is 865. The fraction of sp³-hybridized carbons (Fsp3) is 0.300. The summed E-state index contributed by atoms with van der Waals surface area (Å²) in [5.74, 6) is 0.405. The normalized spacial score (nSPS) is 17.6. The van der Waals surface area contributed by atoms with Gasteiger partial charge >= 0.3 is 0 Å². The van der Waals surface area contributed by atoms with Crippen molar-refractivity contribution in [1.82, 2.24) is 19.7 Å². The van der Waals surface area contributed by atoms with E-state index in [0.717, 1.165) is 48.6 Å². The first-order valence-corrected chi connectivity index (χ1v) is 8.76. The molecule has 3 heterocycles. The number of benzene rings is 1. The summed E-state index contributed by atoms with van der Waals surface area (Å²) in [6.45, 7) is 3.54. The number of likely N-dealkylation sites (tertiary alicyclic amines) is 1. The number of hydrogen-bond donors (Lipinski definition) is 1. The SMILES string of the molecule is Cc1cc(C2CCCN(C(=O)c3ccccc3-n3cccc3)C2)n[nH]1. The fourth-order valence-electron chi connectivity index (χ4n) is 3.60. The van der Waals surface area contributed by atoms with Gasteiger partial charge in [-0.05, 0) is 50.1 Å². The quantitative estimate of drug-likeness (QED) is 0.797. The summed E-state index contributed by atoms with van der Waals surface area (Å²) in [7, 11) is 0. The number of rotatable bonds is 3. The Morgan fingerprint density at radius 2 is 2.00 bits per heavy atom. The zero-order valence-corrected chi connectivity index (χ0v) is 14.4. The number of aryl methyl sites for hydroxylation is 1. The lowest BCUT2D eigenvalue weighted by Crippen LogP contribution is -2.39. The minimum atomic E-state index is 0.0984. The maximum atomic E-state index is 13.2. The number of H-pyrrole nitrogens is 1. The topological polar surface area (TPSA) is 53.9 Å². The van der Waals surface area contributed by atoms with Crippen LogP contribution in [0.15, 0.2) is 54.9 Å². The van der Waals surface area contributed by atoms with Crippen LogP contribution in [-0.2, 0) is 0 Å². The maximum absolute atomic E-state index is 13.2. The summed E-state index contributed by atoms with van der Waals surface area (Å²) in [5.41, 5.74) is 3.80. The molecule has 0 spiro atoms. The molecular formula is C20H22N4O. The van der Waals surface area contributed by atoms with Crippen LogP contribution in [0.1, 0.15) is 40.5 Å². The van der Waals surface area contributed by atoms with E-state index in [1.54, 1.807) is 0 Å². The largest absolute Gasteiger partial charge is 0.338 e. The standard InChI is InChI=1S/C20H22N4O/c1-15-13-18(22-21-15)16-7-6-12-24(14-16)20(25)17-8-2-3-9-19(17)23-10-4-5-11-23/h2-5,8-11,13,16H,6-7,12,14H2,1H3,(H,21,22). The first-order chi connectivity index (χ1) is 12.2. The van der Waals surface area contributed by atoms with Gasteiger partial charge in [-0.25, -0.2) is 0 Å². The van der Waals surface area contributed by atoms with Crippen LogP contribution in [0, 0.1) is 6.92 Å². The number of para-hydroxylation sites is 1. The van der Waals surface area contributed by atoms with Gasteiger partial charge in [-0.2, -0.15) is 5.10 Å². The van der Waals surface area contributed by atoms with Crippen LogP contribution in [0.3, 0.4) is 0 Å². The molecule has 1 atom stereocenters. The molecule has 1 fully saturated rings. The molecule has 1 amide bonds. The molecule has 1 aliphatic rings. The van der Waals surface area contributed by atoms with E-state index in [4.69, 9.17) is 0 Å². The highest BCUT2D eigenvalue weighted by Crippen LogP contribution is 2.28. The Balaban J connectivity index is 1.59. The second kappa shape index (κ2) is 6.59. The molecular weight excluding hydrogens is 312 g/mol. The minimum Gasteiger partial charge on any atom is -0.338 e. The van der Waals surface area contributed by atoms with Crippen molar-refractivity contribution < 1.29 is 4.79 Å². The summed E-state index contributed by atoms with van der Waals surface area (Å²) in [4.78, 5) is 15.2. The second-order valence-corrected chi connectivity index (χ2v) is 6.67. The van der Waals surface area contributed by atoms with Crippen LogP contribution in [0.5, 0.6) is 0 Å². The Kier molecular flexibility index (Phi) is 4.14. The van der Waals surface area contributed by atoms with Crippen LogP contribution >= 0.6 is 0 Å². The third-order valence-corrected chi connectivity index (χ3v) is 4.87. The van der Waals surface area contributed by atoms with E-state index in [1.165, 1.54) is 0 Å². The summed E-state index contributed by atoms with van der Waals surface area (Å²) in [5, 5.41) is 7.41. The van der Waals surface area contributed by atoms with Crippen molar-refractivity contribution in [2.75, 3.05) is 13.1 Å². The molecule has 0 bridgehead atoms. The van der Waals surface area contributed by atoms with E-state index in [2.05, 4.69) is 16.3 Å². The number of nitrogens with zero attached hydrogens (tertiary/aromatic N) is 3. The molecule has 1 aromatic carbocycles. The number of aromatic nitrogens is 3. The molecule has 3 aromatic rings. The van der Waals surface area contributed by atoms with Crippen molar-refractivity contribution in [2.24, 2.45) is 0 Å². The average Bonchev–Trinajstić information content (AvgIpc) is 3.33. The van der Waals surface area contributed by atoms with Gasteiger partial charge in [0.15, 0.2) is 0 Å². The number of amides is 1. The van der Waals surface area contributed by atoms with Crippen molar-refractivity contribution in [1.29, 1.82) is 0 Å². The van der Waals surface area contributed by atoms with E-state index < -0.39 is 0 Å². The molecule has 0 aliphatic carbocycles. The predicted molar refractivity (Wildman–Crippen MR) is 97.0 cm³/mol. The van der Waals surface area contributed by atoms with Gasteiger partial charge in [-0.3, -0.25) is 9.89 Å². The van der Waals surface area contributed by atoms with Gasteiger partial charge in [-0.15, -0.1) is 0 Å². The molecule has 1 saturated heterocycles. The Hall–Kier alpha value is -2.82. The molecule has 1 N–H and O–H groups in total. The van der Waals surface area contributed by atoms with Crippen molar-refractivity contribution in [3.05, 3.63) is 71.8 Å². The smallest absolute Gasteiger partial charge is 0.256 e. The first-order valence-electron chi connectivity index (χ1n) is 8.76. The third kappa shape index (κ3) is 3.09. The van der Waals surface area contributed by atoms with Crippen LogP contribution in [0.2, 0.25) is 0 Å². The van der Waals surface area contributed by atoms with Crippen molar-refractivity contribution in [3.63, 3.8) is 0 Å². The van der Waals surface area contributed by atoms with Crippen molar-refractivity contribution in [2.45, 2.75) is 25.7 Å². The fourth-order valence-corrected chi connectivity index (χ4v) is 3.60. The Labute approximate surface area is 147 Å². The van der Waals surface area contributed by atoms with Gasteiger partial charge in [0.05, 0.1) is 16.9 Å². The Morgan fingerprint density at radius 1 is 1.20 bits per heavy atom. The van der Waals surface area contributed by atoms with E-state index >= 15 is 0 Å². The summed E-state index contributed by atoms with van der Waals surface area (Å²) < 4.78 is 1.99. The van der Waals surface area contributed by atoms with Crippen molar-refractivity contribution >= 4 is 5.91 Å². The first kappa shape index (κ1) is 15.7. The summed E-state index contributed by atoms with van der Waals surface area (Å²) >= 11 is 0. The number of carbonyl (C=O) groups excluding carboxylic acids is 1. The predicted octanol–water partition coefficient (Wildman–Crippen LogP) is 3.53. The number of aromatic amines is 1. The highest BCUT2D eigenvalue weighted by atomic mass is 16.2. The van der Waals surface area contributed by atoms with Crippen LogP contribution in [-0.4, -0.2) is 38.7 Å². The molecule has 2 aromatic heterocycles. The van der Waals surface area contributed by atoms with Crippen LogP contribution < -0.4 is 0 Å². The van der Waals surface area contributed by atoms with Gasteiger partial charge in [0.1, 0.15) is 0 Å². The molecule has 128 valence electrons. The highest BCUT2D eigenvalue weighted by molar-refractivity contribution is 5.97. The molecule has 4 rings (SSSR count). The van der Waals surface area contributed by atoms with E-state index in [9.17, 15) is 4.79 Å². The molecule has 0 saturated carbocycles. The lowest BCUT2D eigenvalue weighted by atomic mass is 9.94. The van der Waals surface area contributed by atoms with E-state index in [1.807, 2.05) is 65.2 Å². The molecule has 1 aliphatic heterocycles. The lowest BCUT2D eigenvalue weighted by molar-refractivity contribution is 0.0706. The lowest BCUT2D eigenvalue weighted by Gasteiger charge is -2.32. The molecule has 5 heteroatoms. The molecule has 5 nitrogen and oxygen atoms in total. The van der Waals surface area contributed by atoms with Gasteiger partial charge < -0.3 is 9.47 Å². The van der Waals surface area contributed by atoms with E-state index in [0.29, 0.717) is 5.92 Å². The zero-order valence-electron chi connectivity index (χ0n) is 14.4. The summed E-state index contributed by atoms with van der Waals surface area (Å²) in [6, 6.07) is 13.8. The monoisotopic (exact) mass is 334 g/mol. The van der Waals surface area contributed by atoms with Gasteiger partial charge in [-0.1, -0.05) is 12.1 Å². The second-order valence-electron chi connectivity index (χ2n) is 6.67. The minimum absolute atomic E-state index is 0.0984. The highest BCUT2D eigenvalue weighted by Gasteiger charge is 2.28. The number of hydrogen-bond acceptors (Lipinski definition) is 2. The maximum Gasteiger partial charge on any atom is 0.256 e. The molecule has 1 unspecified atom stereocenters. The zero-order chi connectivity index (χ0) is 17.2. The van der Waals surface area contributed by atoms with Crippen LogP contribution in [0.4, 0.5) is 0 Å². The van der Waals surface area contributed by atoms with E-state index in [-0.39, 0.29) is 5.91 Å². The van der Waals surface area contributed by atoms with Gasteiger partial charge in [0.2, 0.25) is 0 Å². The van der Waals surface area contributed by atoms with Gasteiger partial charge in [0.25, 0.3) is 5.91 Å². The number of carbonyl (C=O) groups is 1. The number of piperidine rings is 1.